The Morgan fingerprint density at radius 3 is 2.44 bits per heavy atom. The van der Waals surface area contributed by atoms with Gasteiger partial charge in [-0.15, -0.1) is 0 Å². The molecule has 3 N–H and O–H groups in total. The van der Waals surface area contributed by atoms with Crippen LogP contribution in [0.1, 0.15) is 32.6 Å². The van der Waals surface area contributed by atoms with Crippen molar-refractivity contribution in [2.24, 2.45) is 11.7 Å². The second-order valence-corrected chi connectivity index (χ2v) is 5.29. The lowest BCUT2D eigenvalue weighted by Gasteiger charge is -2.35. The Morgan fingerprint density at radius 2 is 2.06 bits per heavy atom. The van der Waals surface area contributed by atoms with Gasteiger partial charge < -0.3 is 16.0 Å². The first-order chi connectivity index (χ1) is 7.60. The first-order valence-electron chi connectivity index (χ1n) is 6.35. The number of hydrogen-bond acceptors (Lipinski definition) is 3. The molecule has 2 aliphatic carbocycles. The van der Waals surface area contributed by atoms with E-state index in [2.05, 4.69) is 17.3 Å². The molecule has 2 saturated carbocycles. The van der Waals surface area contributed by atoms with Crippen LogP contribution in [0.15, 0.2) is 0 Å². The van der Waals surface area contributed by atoms with Gasteiger partial charge in [0.1, 0.15) is 5.54 Å². The van der Waals surface area contributed by atoms with E-state index in [-0.39, 0.29) is 5.91 Å². The first-order valence-corrected chi connectivity index (χ1v) is 6.35. The predicted octanol–water partition coefficient (Wildman–Crippen LogP) is 0.324. The van der Waals surface area contributed by atoms with Crippen LogP contribution < -0.4 is 11.1 Å². The van der Waals surface area contributed by atoms with E-state index in [0.29, 0.717) is 12.0 Å². The zero-order chi connectivity index (χ0) is 11.8. The number of primary amides is 1. The number of amides is 1. The highest BCUT2D eigenvalue weighted by Gasteiger charge is 2.50. The van der Waals surface area contributed by atoms with Gasteiger partial charge >= 0.3 is 0 Å². The molecule has 0 spiro atoms. The van der Waals surface area contributed by atoms with Gasteiger partial charge in [0.05, 0.1) is 0 Å². The largest absolute Gasteiger partial charge is 0.368 e. The van der Waals surface area contributed by atoms with Gasteiger partial charge in [-0.25, -0.2) is 0 Å². The zero-order valence-electron chi connectivity index (χ0n) is 10.3. The summed E-state index contributed by atoms with van der Waals surface area (Å²) in [6, 6.07) is 0.677. The fourth-order valence-corrected chi connectivity index (χ4v) is 2.62. The average Bonchev–Trinajstić information content (AvgIpc) is 3.04. The minimum absolute atomic E-state index is 0.177. The van der Waals surface area contributed by atoms with Crippen molar-refractivity contribution in [3.63, 3.8) is 0 Å². The fourth-order valence-electron chi connectivity index (χ4n) is 2.62. The minimum Gasteiger partial charge on any atom is -0.368 e. The third-order valence-corrected chi connectivity index (χ3v) is 3.88. The van der Waals surface area contributed by atoms with Crippen LogP contribution >= 0.6 is 0 Å². The van der Waals surface area contributed by atoms with E-state index in [4.69, 9.17) is 5.73 Å². The molecule has 1 unspecified atom stereocenters. The maximum atomic E-state index is 11.8. The number of nitrogens with two attached hydrogens (primary N) is 1. The zero-order valence-corrected chi connectivity index (χ0v) is 10.3. The van der Waals surface area contributed by atoms with Crippen LogP contribution in [0.25, 0.3) is 0 Å². The molecule has 16 heavy (non-hydrogen) atoms. The number of hydrogen-bond donors (Lipinski definition) is 2. The van der Waals surface area contributed by atoms with Crippen molar-refractivity contribution in [2.45, 2.75) is 44.2 Å². The van der Waals surface area contributed by atoms with Crippen LogP contribution in [0.4, 0.5) is 0 Å². The smallest absolute Gasteiger partial charge is 0.239 e. The van der Waals surface area contributed by atoms with Crippen LogP contribution in [0, 0.1) is 5.92 Å². The molecule has 0 aromatic carbocycles. The Hall–Kier alpha value is -0.610. The lowest BCUT2D eigenvalue weighted by atomic mass is 9.91. The van der Waals surface area contributed by atoms with E-state index in [1.165, 1.54) is 12.8 Å². The molecule has 1 atom stereocenters. The summed E-state index contributed by atoms with van der Waals surface area (Å²) < 4.78 is 0. The van der Waals surface area contributed by atoms with Crippen LogP contribution in [0.2, 0.25) is 0 Å². The van der Waals surface area contributed by atoms with Gasteiger partial charge in [0.2, 0.25) is 5.91 Å². The summed E-state index contributed by atoms with van der Waals surface area (Å²) in [6.07, 6.45) is 4.80. The number of rotatable bonds is 7. The third kappa shape index (κ3) is 2.23. The maximum Gasteiger partial charge on any atom is 0.239 e. The van der Waals surface area contributed by atoms with Gasteiger partial charge in [0, 0.05) is 12.6 Å². The van der Waals surface area contributed by atoms with E-state index < -0.39 is 5.54 Å². The minimum atomic E-state index is -0.480. The predicted molar refractivity (Wildman–Crippen MR) is 64.0 cm³/mol. The van der Waals surface area contributed by atoms with Gasteiger partial charge in [-0.3, -0.25) is 4.79 Å². The van der Waals surface area contributed by atoms with Gasteiger partial charge in [-0.1, -0.05) is 6.92 Å². The molecule has 1 amide bonds. The molecular weight excluding hydrogens is 202 g/mol. The quantitative estimate of drug-likeness (QED) is 0.656. The average molecular weight is 225 g/mol. The van der Waals surface area contributed by atoms with Crippen molar-refractivity contribution in [3.05, 3.63) is 0 Å². The van der Waals surface area contributed by atoms with Crippen LogP contribution in [-0.4, -0.2) is 42.5 Å². The Bertz CT molecular complexity index is 273. The van der Waals surface area contributed by atoms with Gasteiger partial charge in [-0.05, 0) is 45.2 Å². The number of nitrogens with zero attached hydrogens (tertiary/aromatic N) is 1. The highest BCUT2D eigenvalue weighted by atomic mass is 16.1. The summed E-state index contributed by atoms with van der Waals surface area (Å²) in [5.74, 6) is 0.274. The summed E-state index contributed by atoms with van der Waals surface area (Å²) in [7, 11) is 2.11. The molecule has 0 aromatic rings. The second-order valence-electron chi connectivity index (χ2n) is 5.29. The monoisotopic (exact) mass is 225 g/mol. The van der Waals surface area contributed by atoms with E-state index >= 15 is 0 Å². The van der Waals surface area contributed by atoms with Crippen molar-refractivity contribution >= 4 is 5.91 Å². The molecule has 0 bridgehead atoms. The Kier molecular flexibility index (Phi) is 3.22. The molecular formula is C12H23N3O. The van der Waals surface area contributed by atoms with Crippen molar-refractivity contribution in [2.75, 3.05) is 20.1 Å². The number of likely N-dealkylation sites (N-methyl/N-ethyl adjacent to an activating group) is 2. The summed E-state index contributed by atoms with van der Waals surface area (Å²) in [5, 5.41) is 3.35. The standard InChI is InChI=1S/C12H23N3O/c1-3-14-12(11(13)16,9-4-5-9)8-15(2)10-6-7-10/h9-10,14H,3-8H2,1-2H3,(H2,13,16). The Balaban J connectivity index is 2.07. The molecule has 2 fully saturated rings. The van der Waals surface area contributed by atoms with Gasteiger partial charge in [0.15, 0.2) is 0 Å². The van der Waals surface area contributed by atoms with Crippen LogP contribution in [-0.2, 0) is 4.79 Å². The van der Waals surface area contributed by atoms with E-state index in [1.807, 2.05) is 6.92 Å². The molecule has 92 valence electrons. The summed E-state index contributed by atoms with van der Waals surface area (Å²) in [4.78, 5) is 14.1. The van der Waals surface area contributed by atoms with Crippen molar-refractivity contribution < 1.29 is 4.79 Å². The summed E-state index contributed by atoms with van der Waals surface area (Å²) >= 11 is 0. The Labute approximate surface area is 97.6 Å². The first kappa shape index (κ1) is 11.9. The lowest BCUT2D eigenvalue weighted by Crippen LogP contribution is -2.63. The lowest BCUT2D eigenvalue weighted by molar-refractivity contribution is -0.126. The van der Waals surface area contributed by atoms with E-state index in [1.54, 1.807) is 0 Å². The normalized spacial score (nSPS) is 24.4. The highest BCUT2D eigenvalue weighted by Crippen LogP contribution is 2.41. The van der Waals surface area contributed by atoms with E-state index in [9.17, 15) is 4.79 Å². The second kappa shape index (κ2) is 4.34. The van der Waals surface area contributed by atoms with Gasteiger partial charge in [0.25, 0.3) is 0 Å². The highest BCUT2D eigenvalue weighted by molar-refractivity contribution is 5.86. The van der Waals surface area contributed by atoms with Crippen molar-refractivity contribution in [3.8, 4) is 0 Å². The fraction of sp³-hybridized carbons (Fsp3) is 0.917. The molecule has 4 heteroatoms. The molecule has 0 heterocycles. The van der Waals surface area contributed by atoms with Crippen molar-refractivity contribution in [1.29, 1.82) is 0 Å². The molecule has 4 nitrogen and oxygen atoms in total. The maximum absolute atomic E-state index is 11.8. The molecule has 0 radical (unpaired) electrons. The molecule has 0 aromatic heterocycles. The van der Waals surface area contributed by atoms with Gasteiger partial charge in [-0.2, -0.15) is 0 Å². The Morgan fingerprint density at radius 1 is 1.44 bits per heavy atom. The van der Waals surface area contributed by atoms with Crippen molar-refractivity contribution in [1.82, 2.24) is 10.2 Å². The van der Waals surface area contributed by atoms with Crippen LogP contribution in [0.5, 0.6) is 0 Å². The number of carbonyl (C=O) groups is 1. The molecule has 2 aliphatic rings. The number of nitrogens with one attached hydrogen (secondary N) is 1. The van der Waals surface area contributed by atoms with Crippen LogP contribution in [0.3, 0.4) is 0 Å². The van der Waals surface area contributed by atoms with E-state index in [0.717, 1.165) is 25.9 Å². The molecule has 0 aliphatic heterocycles. The summed E-state index contributed by atoms with van der Waals surface area (Å²) in [5.41, 5.74) is 5.16. The molecule has 0 saturated heterocycles. The number of carbonyl (C=O) groups excluding carboxylic acids is 1. The third-order valence-electron chi connectivity index (χ3n) is 3.88. The SMILES string of the molecule is CCNC(CN(C)C1CC1)(C(N)=O)C1CC1. The molecule has 2 rings (SSSR count). The topological polar surface area (TPSA) is 58.4 Å². The summed E-state index contributed by atoms with van der Waals surface area (Å²) in [6.45, 7) is 3.61.